The minimum Gasteiger partial charge on any atom is -0.459 e. The van der Waals surface area contributed by atoms with Crippen molar-refractivity contribution in [3.8, 4) is 0 Å². The first kappa shape index (κ1) is 14.3. The van der Waals surface area contributed by atoms with Crippen LogP contribution in [0.25, 0.3) is 5.65 Å². The lowest BCUT2D eigenvalue weighted by molar-refractivity contribution is -0.156. The van der Waals surface area contributed by atoms with E-state index >= 15 is 0 Å². The number of nitrogens with two attached hydrogens (primary N) is 1. The average molecular weight is 276 g/mol. The zero-order valence-electron chi connectivity index (χ0n) is 12.0. The fourth-order valence-electron chi connectivity index (χ4n) is 1.77. The van der Waals surface area contributed by atoms with Crippen LogP contribution in [0.3, 0.4) is 0 Å². The van der Waals surface area contributed by atoms with E-state index in [4.69, 9.17) is 10.5 Å². The topological polar surface area (TPSA) is 81.6 Å². The molecule has 0 aromatic carbocycles. The number of carbonyl (C=O) groups is 1. The van der Waals surface area contributed by atoms with Crippen LogP contribution in [0.4, 0.5) is 5.82 Å². The van der Waals surface area contributed by atoms with Crippen molar-refractivity contribution in [1.82, 2.24) is 9.38 Å². The summed E-state index contributed by atoms with van der Waals surface area (Å²) in [4.78, 5) is 16.0. The molecule has 6 nitrogen and oxygen atoms in total. The van der Waals surface area contributed by atoms with Crippen LogP contribution in [0.5, 0.6) is 0 Å². The highest BCUT2D eigenvalue weighted by Gasteiger charge is 2.22. The first-order valence-corrected chi connectivity index (χ1v) is 6.51. The molecule has 6 heteroatoms. The highest BCUT2D eigenvalue weighted by atomic mass is 16.6. The highest BCUT2D eigenvalue weighted by Crippen LogP contribution is 2.11. The summed E-state index contributed by atoms with van der Waals surface area (Å²) in [5, 5.41) is 3.14. The fourth-order valence-corrected chi connectivity index (χ4v) is 1.77. The van der Waals surface area contributed by atoms with E-state index in [2.05, 4.69) is 10.3 Å². The molecule has 20 heavy (non-hydrogen) atoms. The lowest BCUT2D eigenvalue weighted by Gasteiger charge is -2.22. The van der Waals surface area contributed by atoms with E-state index in [9.17, 15) is 4.79 Å². The van der Waals surface area contributed by atoms with Crippen LogP contribution in [0, 0.1) is 0 Å². The molecule has 0 aliphatic heterocycles. The van der Waals surface area contributed by atoms with Gasteiger partial charge in [0, 0.05) is 18.9 Å². The average Bonchev–Trinajstić information content (AvgIpc) is 2.82. The van der Waals surface area contributed by atoms with Crippen molar-refractivity contribution < 1.29 is 9.53 Å². The summed E-state index contributed by atoms with van der Waals surface area (Å²) in [7, 11) is 0. The number of pyridine rings is 1. The fraction of sp³-hybridized carbons (Fsp3) is 0.429. The van der Waals surface area contributed by atoms with E-state index in [1.54, 1.807) is 6.20 Å². The number of imidazole rings is 1. The lowest BCUT2D eigenvalue weighted by atomic mass is 10.2. The molecule has 0 radical (unpaired) electrons. The van der Waals surface area contributed by atoms with Crippen molar-refractivity contribution in [3.63, 3.8) is 0 Å². The van der Waals surface area contributed by atoms with Crippen LogP contribution < -0.4 is 11.1 Å². The monoisotopic (exact) mass is 276 g/mol. The predicted molar refractivity (Wildman–Crippen MR) is 77.5 cm³/mol. The molecule has 2 aromatic heterocycles. The number of hydrogen-bond donors (Lipinski definition) is 2. The zero-order chi connectivity index (χ0) is 14.8. The van der Waals surface area contributed by atoms with Gasteiger partial charge in [-0.15, -0.1) is 0 Å². The standard InChI is InChI=1S/C14H20N4O2/c1-14(2,3)20-13(19)10(15)9-17-12-6-4-5-11-16-7-8-18(11)12/h4-8,10,17H,9,15H2,1-3H3. The van der Waals surface area contributed by atoms with Gasteiger partial charge in [0.1, 0.15) is 23.1 Å². The molecule has 2 aromatic rings. The first-order chi connectivity index (χ1) is 9.37. The molecular weight excluding hydrogens is 256 g/mol. The number of nitrogens with one attached hydrogen (secondary N) is 1. The number of anilines is 1. The van der Waals surface area contributed by atoms with Crippen molar-refractivity contribution in [2.24, 2.45) is 5.73 Å². The molecule has 0 aliphatic carbocycles. The third-order valence-corrected chi connectivity index (χ3v) is 2.64. The van der Waals surface area contributed by atoms with Gasteiger partial charge in [0.15, 0.2) is 0 Å². The van der Waals surface area contributed by atoms with E-state index in [1.807, 2.05) is 49.6 Å². The summed E-state index contributed by atoms with van der Waals surface area (Å²) in [6.07, 6.45) is 3.56. The van der Waals surface area contributed by atoms with Crippen LogP contribution in [0.15, 0.2) is 30.6 Å². The number of nitrogens with zero attached hydrogens (tertiary/aromatic N) is 2. The van der Waals surface area contributed by atoms with Crippen LogP contribution in [-0.2, 0) is 9.53 Å². The summed E-state index contributed by atoms with van der Waals surface area (Å²) in [6.45, 7) is 5.75. The largest absolute Gasteiger partial charge is 0.459 e. The van der Waals surface area contributed by atoms with E-state index in [-0.39, 0.29) is 0 Å². The first-order valence-electron chi connectivity index (χ1n) is 6.51. The number of aromatic nitrogens is 2. The van der Waals surface area contributed by atoms with E-state index in [0.717, 1.165) is 11.5 Å². The Labute approximate surface area is 117 Å². The molecule has 0 saturated heterocycles. The number of esters is 1. The Balaban J connectivity index is 1.98. The molecule has 0 spiro atoms. The Morgan fingerprint density at radius 1 is 1.50 bits per heavy atom. The molecule has 1 unspecified atom stereocenters. The lowest BCUT2D eigenvalue weighted by Crippen LogP contribution is -2.42. The van der Waals surface area contributed by atoms with E-state index in [1.165, 1.54) is 0 Å². The third-order valence-electron chi connectivity index (χ3n) is 2.64. The number of ether oxygens (including phenoxy) is 1. The van der Waals surface area contributed by atoms with Crippen molar-refractivity contribution in [2.45, 2.75) is 32.4 Å². The maximum absolute atomic E-state index is 11.8. The van der Waals surface area contributed by atoms with Crippen LogP contribution in [0.2, 0.25) is 0 Å². The molecule has 0 fully saturated rings. The molecule has 2 rings (SSSR count). The van der Waals surface area contributed by atoms with Crippen LogP contribution >= 0.6 is 0 Å². The molecule has 0 saturated carbocycles. The van der Waals surface area contributed by atoms with Crippen molar-refractivity contribution in [3.05, 3.63) is 30.6 Å². The predicted octanol–water partition coefficient (Wildman–Crippen LogP) is 1.42. The van der Waals surface area contributed by atoms with Gasteiger partial charge < -0.3 is 15.8 Å². The Hall–Kier alpha value is -2.08. The van der Waals surface area contributed by atoms with Crippen molar-refractivity contribution in [2.75, 3.05) is 11.9 Å². The van der Waals surface area contributed by atoms with Gasteiger partial charge in [0.2, 0.25) is 0 Å². The molecular formula is C14H20N4O2. The summed E-state index contributed by atoms with van der Waals surface area (Å²) in [5.41, 5.74) is 6.14. The summed E-state index contributed by atoms with van der Waals surface area (Å²) in [5.74, 6) is 0.418. The van der Waals surface area contributed by atoms with Gasteiger partial charge in [-0.1, -0.05) is 6.07 Å². The SMILES string of the molecule is CC(C)(C)OC(=O)C(N)CNc1cccc2nccn12. The maximum atomic E-state index is 11.8. The second-order valence-corrected chi connectivity index (χ2v) is 5.59. The van der Waals surface area contributed by atoms with Crippen molar-refractivity contribution >= 4 is 17.4 Å². The number of hydrogen-bond acceptors (Lipinski definition) is 5. The molecule has 0 aliphatic rings. The molecule has 1 atom stereocenters. The van der Waals surface area contributed by atoms with Crippen LogP contribution in [-0.4, -0.2) is 33.5 Å². The Kier molecular flexibility index (Phi) is 3.94. The van der Waals surface area contributed by atoms with Gasteiger partial charge in [-0.05, 0) is 32.9 Å². The smallest absolute Gasteiger partial charge is 0.325 e. The second kappa shape index (κ2) is 5.50. The molecule has 108 valence electrons. The van der Waals surface area contributed by atoms with E-state index in [0.29, 0.717) is 6.54 Å². The molecule has 2 heterocycles. The third kappa shape index (κ3) is 3.48. The molecule has 0 amide bonds. The van der Waals surface area contributed by atoms with Gasteiger partial charge >= 0.3 is 5.97 Å². The summed E-state index contributed by atoms with van der Waals surface area (Å²) in [6, 6.07) is 4.98. The van der Waals surface area contributed by atoms with Gasteiger partial charge in [-0.2, -0.15) is 0 Å². The number of fused-ring (bicyclic) bond motifs is 1. The summed E-state index contributed by atoms with van der Waals surface area (Å²) >= 11 is 0. The number of carbonyl (C=O) groups excluding carboxylic acids is 1. The quantitative estimate of drug-likeness (QED) is 0.825. The second-order valence-electron chi connectivity index (χ2n) is 5.59. The molecule has 3 N–H and O–H groups in total. The van der Waals surface area contributed by atoms with Gasteiger partial charge in [-0.25, -0.2) is 4.98 Å². The minimum atomic E-state index is -0.715. The maximum Gasteiger partial charge on any atom is 0.325 e. The Bertz CT molecular complexity index is 600. The Morgan fingerprint density at radius 2 is 2.25 bits per heavy atom. The molecule has 0 bridgehead atoms. The van der Waals surface area contributed by atoms with Crippen LogP contribution in [0.1, 0.15) is 20.8 Å². The number of rotatable bonds is 4. The Morgan fingerprint density at radius 3 is 2.95 bits per heavy atom. The van der Waals surface area contributed by atoms with Crippen molar-refractivity contribution in [1.29, 1.82) is 0 Å². The zero-order valence-corrected chi connectivity index (χ0v) is 12.0. The van der Waals surface area contributed by atoms with Gasteiger partial charge in [-0.3, -0.25) is 9.20 Å². The highest BCUT2D eigenvalue weighted by molar-refractivity contribution is 5.76. The minimum absolute atomic E-state index is 0.298. The normalized spacial score (nSPS) is 13.2. The van der Waals surface area contributed by atoms with E-state index < -0.39 is 17.6 Å². The van der Waals surface area contributed by atoms with Gasteiger partial charge in [0.05, 0.1) is 0 Å². The van der Waals surface area contributed by atoms with Gasteiger partial charge in [0.25, 0.3) is 0 Å². The summed E-state index contributed by atoms with van der Waals surface area (Å²) < 4.78 is 7.13.